The van der Waals surface area contributed by atoms with Gasteiger partial charge >= 0.3 is 0 Å². The van der Waals surface area contributed by atoms with E-state index in [4.69, 9.17) is 4.74 Å². The van der Waals surface area contributed by atoms with Crippen molar-refractivity contribution in [2.24, 2.45) is 0 Å². The van der Waals surface area contributed by atoms with E-state index >= 15 is 0 Å². The zero-order valence-electron chi connectivity index (χ0n) is 16.6. The van der Waals surface area contributed by atoms with Gasteiger partial charge < -0.3 is 10.1 Å². The van der Waals surface area contributed by atoms with Crippen molar-refractivity contribution in [3.8, 4) is 11.3 Å². The van der Waals surface area contributed by atoms with Crippen LogP contribution in [0.5, 0.6) is 0 Å². The van der Waals surface area contributed by atoms with E-state index in [2.05, 4.69) is 15.5 Å². The number of carbonyl (C=O) groups is 3. The molecular weight excluding hydrogens is 396 g/mol. The van der Waals surface area contributed by atoms with Crippen LogP contribution >= 0.6 is 0 Å². The molecule has 0 bridgehead atoms. The summed E-state index contributed by atoms with van der Waals surface area (Å²) in [5.41, 5.74) is 2.94. The van der Waals surface area contributed by atoms with Crippen LogP contribution < -0.4 is 5.32 Å². The molecule has 2 aromatic carbocycles. The second-order valence-electron chi connectivity index (χ2n) is 7.60. The Morgan fingerprint density at radius 2 is 1.94 bits per heavy atom. The average Bonchev–Trinajstić information content (AvgIpc) is 3.52. The standard InChI is InChI=1S/C23H20N4O4/c28-21(25-19-12-24-26-20(19)14-5-2-1-3-6-14)15-8-9-17-18(11-15)23(30)27(22(17)29)13-16-7-4-10-31-16/h1-3,5-6,8-9,11-12,16H,4,7,10,13H2,(H,24,26)(H,25,28)/t16-/m1/s1. The maximum Gasteiger partial charge on any atom is 0.261 e. The fourth-order valence-corrected chi connectivity index (χ4v) is 3.99. The third kappa shape index (κ3) is 3.51. The number of aromatic nitrogens is 2. The van der Waals surface area contributed by atoms with Crippen molar-refractivity contribution in [2.75, 3.05) is 18.5 Å². The van der Waals surface area contributed by atoms with Gasteiger partial charge in [-0.15, -0.1) is 0 Å². The third-order valence-electron chi connectivity index (χ3n) is 5.59. The summed E-state index contributed by atoms with van der Waals surface area (Å²) < 4.78 is 5.56. The van der Waals surface area contributed by atoms with Crippen molar-refractivity contribution < 1.29 is 19.1 Å². The molecule has 156 valence electrons. The number of H-pyrrole nitrogens is 1. The molecular formula is C23H20N4O4. The van der Waals surface area contributed by atoms with E-state index in [-0.39, 0.29) is 30.0 Å². The second kappa shape index (κ2) is 7.81. The molecule has 3 amide bonds. The lowest BCUT2D eigenvalue weighted by molar-refractivity contribution is 0.0475. The van der Waals surface area contributed by atoms with Crippen LogP contribution in [0.3, 0.4) is 0 Å². The van der Waals surface area contributed by atoms with Crippen LogP contribution in [0.15, 0.2) is 54.7 Å². The molecule has 8 nitrogen and oxygen atoms in total. The lowest BCUT2D eigenvalue weighted by Gasteiger charge is -2.17. The van der Waals surface area contributed by atoms with Gasteiger partial charge in [-0.05, 0) is 31.0 Å². The summed E-state index contributed by atoms with van der Waals surface area (Å²) >= 11 is 0. The number of aromatic amines is 1. The van der Waals surface area contributed by atoms with Crippen molar-refractivity contribution in [2.45, 2.75) is 18.9 Å². The fraction of sp³-hybridized carbons (Fsp3) is 0.217. The number of anilines is 1. The highest BCUT2D eigenvalue weighted by molar-refractivity contribution is 6.22. The average molecular weight is 416 g/mol. The van der Waals surface area contributed by atoms with Crippen molar-refractivity contribution in [1.29, 1.82) is 0 Å². The van der Waals surface area contributed by atoms with E-state index in [1.54, 1.807) is 6.07 Å². The van der Waals surface area contributed by atoms with Crippen LogP contribution in [0.25, 0.3) is 11.3 Å². The Kier molecular flexibility index (Phi) is 4.83. The van der Waals surface area contributed by atoms with Gasteiger partial charge in [-0.25, -0.2) is 0 Å². The number of nitrogens with zero attached hydrogens (tertiary/aromatic N) is 2. The van der Waals surface area contributed by atoms with Gasteiger partial charge in [-0.2, -0.15) is 5.10 Å². The van der Waals surface area contributed by atoms with Gasteiger partial charge in [-0.3, -0.25) is 24.4 Å². The van der Waals surface area contributed by atoms with E-state index in [1.807, 2.05) is 30.3 Å². The zero-order chi connectivity index (χ0) is 21.4. The Hall–Kier alpha value is -3.78. The van der Waals surface area contributed by atoms with Crippen LogP contribution in [0.4, 0.5) is 5.69 Å². The largest absolute Gasteiger partial charge is 0.376 e. The first-order valence-corrected chi connectivity index (χ1v) is 10.1. The molecule has 0 spiro atoms. The minimum Gasteiger partial charge on any atom is -0.376 e. The quantitative estimate of drug-likeness (QED) is 0.622. The van der Waals surface area contributed by atoms with E-state index in [0.717, 1.165) is 18.4 Å². The molecule has 0 aliphatic carbocycles. The summed E-state index contributed by atoms with van der Waals surface area (Å²) in [4.78, 5) is 39.6. The number of ether oxygens (including phenoxy) is 1. The maximum atomic E-state index is 12.9. The summed E-state index contributed by atoms with van der Waals surface area (Å²) in [7, 11) is 0. The number of benzene rings is 2. The molecule has 0 radical (unpaired) electrons. The highest BCUT2D eigenvalue weighted by Gasteiger charge is 2.38. The Morgan fingerprint density at radius 1 is 1.13 bits per heavy atom. The van der Waals surface area contributed by atoms with Crippen LogP contribution in [-0.4, -0.2) is 52.1 Å². The van der Waals surface area contributed by atoms with E-state index in [9.17, 15) is 14.4 Å². The van der Waals surface area contributed by atoms with Crippen LogP contribution in [0.2, 0.25) is 0 Å². The first-order chi connectivity index (χ1) is 15.1. The molecule has 1 atom stereocenters. The van der Waals surface area contributed by atoms with Gasteiger partial charge in [0, 0.05) is 17.7 Å². The van der Waals surface area contributed by atoms with E-state index in [0.29, 0.717) is 29.1 Å². The van der Waals surface area contributed by atoms with Gasteiger partial charge in [0.1, 0.15) is 0 Å². The van der Waals surface area contributed by atoms with Crippen molar-refractivity contribution >= 4 is 23.4 Å². The molecule has 1 saturated heterocycles. The Labute approximate surface area is 178 Å². The van der Waals surface area contributed by atoms with E-state index < -0.39 is 5.91 Å². The molecule has 0 saturated carbocycles. The minimum atomic E-state index is -0.390. The van der Waals surface area contributed by atoms with Crippen LogP contribution in [0, 0.1) is 0 Å². The predicted octanol–water partition coefficient (Wildman–Crippen LogP) is 3.10. The van der Waals surface area contributed by atoms with Gasteiger partial charge in [0.05, 0.1) is 41.4 Å². The number of fused-ring (bicyclic) bond motifs is 1. The first kappa shape index (κ1) is 19.2. The highest BCUT2D eigenvalue weighted by atomic mass is 16.5. The molecule has 3 aromatic rings. The molecule has 8 heteroatoms. The highest BCUT2D eigenvalue weighted by Crippen LogP contribution is 2.28. The lowest BCUT2D eigenvalue weighted by atomic mass is 10.0. The molecule has 2 N–H and O–H groups in total. The van der Waals surface area contributed by atoms with Crippen LogP contribution in [0.1, 0.15) is 43.9 Å². The smallest absolute Gasteiger partial charge is 0.261 e. The Morgan fingerprint density at radius 3 is 2.71 bits per heavy atom. The Bertz CT molecular complexity index is 1170. The zero-order valence-corrected chi connectivity index (χ0v) is 16.6. The molecule has 2 aliphatic heterocycles. The molecule has 31 heavy (non-hydrogen) atoms. The molecule has 2 aliphatic rings. The SMILES string of the molecule is O=C(Nc1cn[nH]c1-c1ccccc1)c1ccc2c(c1)C(=O)N(C[C@H]1CCCO1)C2=O. The van der Waals surface area contributed by atoms with Gasteiger partial charge in [0.2, 0.25) is 0 Å². The summed E-state index contributed by atoms with van der Waals surface area (Å²) in [6, 6.07) is 14.1. The normalized spacial score (nSPS) is 17.8. The molecule has 5 rings (SSSR count). The number of rotatable bonds is 5. The third-order valence-corrected chi connectivity index (χ3v) is 5.59. The summed E-state index contributed by atoms with van der Waals surface area (Å²) in [6.07, 6.45) is 3.17. The summed E-state index contributed by atoms with van der Waals surface area (Å²) in [5.74, 6) is -1.12. The molecule has 1 fully saturated rings. The number of hydrogen-bond donors (Lipinski definition) is 2. The first-order valence-electron chi connectivity index (χ1n) is 10.1. The maximum absolute atomic E-state index is 12.9. The minimum absolute atomic E-state index is 0.123. The topological polar surface area (TPSA) is 104 Å². The molecule has 0 unspecified atom stereocenters. The van der Waals surface area contributed by atoms with Gasteiger partial charge in [-0.1, -0.05) is 30.3 Å². The number of nitrogens with one attached hydrogen (secondary N) is 2. The van der Waals surface area contributed by atoms with Crippen molar-refractivity contribution in [3.05, 3.63) is 71.4 Å². The van der Waals surface area contributed by atoms with Crippen molar-refractivity contribution in [3.63, 3.8) is 0 Å². The lowest BCUT2D eigenvalue weighted by Crippen LogP contribution is -2.36. The summed E-state index contributed by atoms with van der Waals surface area (Å²) in [6.45, 7) is 0.889. The van der Waals surface area contributed by atoms with Crippen LogP contribution in [-0.2, 0) is 4.74 Å². The fourth-order valence-electron chi connectivity index (χ4n) is 3.99. The number of imide groups is 1. The predicted molar refractivity (Wildman–Crippen MR) is 113 cm³/mol. The Balaban J connectivity index is 1.36. The van der Waals surface area contributed by atoms with Gasteiger partial charge in [0.15, 0.2) is 0 Å². The molecule has 1 aromatic heterocycles. The number of carbonyl (C=O) groups excluding carboxylic acids is 3. The summed E-state index contributed by atoms with van der Waals surface area (Å²) in [5, 5.41) is 9.75. The monoisotopic (exact) mass is 416 g/mol. The van der Waals surface area contributed by atoms with Crippen molar-refractivity contribution in [1.82, 2.24) is 15.1 Å². The molecule has 3 heterocycles. The second-order valence-corrected chi connectivity index (χ2v) is 7.60. The van der Waals surface area contributed by atoms with Gasteiger partial charge in [0.25, 0.3) is 17.7 Å². The van der Waals surface area contributed by atoms with E-state index in [1.165, 1.54) is 23.2 Å². The number of hydrogen-bond acceptors (Lipinski definition) is 5. The number of amides is 3.